The van der Waals surface area contributed by atoms with E-state index in [1.165, 1.54) is 360 Å². The zero-order valence-corrected chi connectivity index (χ0v) is 70.1. The van der Waals surface area contributed by atoms with Gasteiger partial charge < -0.3 is 89.9 Å². The van der Waals surface area contributed by atoms with E-state index >= 15 is 0 Å². The normalized spacial score (nSPS) is 25.2. The van der Waals surface area contributed by atoms with Crippen molar-refractivity contribution in [3.05, 3.63) is 0 Å². The number of aliphatic hydroxyl groups excluding tert-OH is 11. The van der Waals surface area contributed by atoms with Crippen LogP contribution >= 0.6 is 0 Å². The minimum atomic E-state index is -1.97. The first-order chi connectivity index (χ1) is 53.3. The smallest absolute Gasteiger partial charge is 0.220 e. The lowest BCUT2D eigenvalue weighted by Gasteiger charge is -2.48. The second kappa shape index (κ2) is 70.9. The van der Waals surface area contributed by atoms with E-state index in [1.807, 2.05) is 0 Å². The number of ether oxygens (including phenoxy) is 6. The van der Waals surface area contributed by atoms with Crippen molar-refractivity contribution in [1.29, 1.82) is 0 Å². The van der Waals surface area contributed by atoms with E-state index in [9.17, 15) is 61.0 Å². The van der Waals surface area contributed by atoms with Crippen LogP contribution in [0.5, 0.6) is 0 Å². The van der Waals surface area contributed by atoms with E-state index in [0.29, 0.717) is 12.8 Å². The first-order valence-corrected chi connectivity index (χ1v) is 46.8. The third-order valence-electron chi connectivity index (χ3n) is 23.9. The van der Waals surface area contributed by atoms with Gasteiger partial charge in [0.05, 0.1) is 38.6 Å². The third-order valence-corrected chi connectivity index (χ3v) is 23.9. The molecule has 3 rings (SSSR count). The van der Waals surface area contributed by atoms with Crippen molar-refractivity contribution < 1.29 is 89.4 Å². The van der Waals surface area contributed by atoms with Crippen LogP contribution in [0.1, 0.15) is 438 Å². The summed E-state index contributed by atoms with van der Waals surface area (Å²) in [4.78, 5) is 13.5. The molecule has 0 radical (unpaired) electrons. The highest BCUT2D eigenvalue weighted by molar-refractivity contribution is 5.76. The van der Waals surface area contributed by atoms with Crippen LogP contribution in [0.2, 0.25) is 0 Å². The fourth-order valence-electron chi connectivity index (χ4n) is 16.5. The van der Waals surface area contributed by atoms with E-state index in [-0.39, 0.29) is 18.9 Å². The molecule has 0 aliphatic carbocycles. The quantitative estimate of drug-likeness (QED) is 0.0252. The summed E-state index contributed by atoms with van der Waals surface area (Å²) < 4.78 is 34.6. The second-order valence-corrected chi connectivity index (χ2v) is 33.8. The van der Waals surface area contributed by atoms with Crippen LogP contribution in [0.25, 0.3) is 0 Å². The molecule has 0 aromatic rings. The summed E-state index contributed by atoms with van der Waals surface area (Å²) in [5, 5.41) is 121. The van der Waals surface area contributed by atoms with E-state index in [1.54, 1.807) is 0 Å². The predicted molar refractivity (Wildman–Crippen MR) is 439 cm³/mol. The molecule has 0 aromatic heterocycles. The molecule has 648 valence electrons. The van der Waals surface area contributed by atoms with Crippen molar-refractivity contribution >= 4 is 5.91 Å². The molecule has 0 aromatic carbocycles. The molecule has 17 atom stereocenters. The van der Waals surface area contributed by atoms with E-state index in [4.69, 9.17) is 28.4 Å². The van der Waals surface area contributed by atoms with Crippen molar-refractivity contribution in [2.45, 2.75) is 542 Å². The Morgan fingerprint density at radius 2 is 0.523 bits per heavy atom. The Hall–Kier alpha value is -1.21. The van der Waals surface area contributed by atoms with E-state index in [2.05, 4.69) is 19.2 Å². The minimum absolute atomic E-state index is 0.230. The predicted octanol–water partition coefficient (Wildman–Crippen LogP) is 18.1. The molecule has 3 aliphatic heterocycles. The van der Waals surface area contributed by atoms with Crippen molar-refractivity contribution in [1.82, 2.24) is 5.32 Å². The molecule has 1 amide bonds. The van der Waals surface area contributed by atoms with Gasteiger partial charge in [0.25, 0.3) is 0 Å². The molecule has 109 heavy (non-hydrogen) atoms. The summed E-state index contributed by atoms with van der Waals surface area (Å²) in [6, 6.07) is -0.884. The summed E-state index contributed by atoms with van der Waals surface area (Å²) in [7, 11) is 0. The highest BCUT2D eigenvalue weighted by Gasteiger charge is 2.54. The third kappa shape index (κ3) is 49.6. The number of rotatable bonds is 78. The van der Waals surface area contributed by atoms with Crippen LogP contribution in [0.15, 0.2) is 0 Å². The van der Waals surface area contributed by atoms with Gasteiger partial charge in [0.2, 0.25) is 5.91 Å². The summed E-state index contributed by atoms with van der Waals surface area (Å²) in [6.45, 7) is 1.89. The van der Waals surface area contributed by atoms with Crippen LogP contribution in [-0.2, 0) is 33.2 Å². The van der Waals surface area contributed by atoms with Gasteiger partial charge in [0.1, 0.15) is 73.2 Å². The number of nitrogens with one attached hydrogen (secondary N) is 1. The summed E-state index contributed by atoms with van der Waals surface area (Å²) in [5.41, 5.74) is 0. The lowest BCUT2D eigenvalue weighted by molar-refractivity contribution is -0.379. The second-order valence-electron chi connectivity index (χ2n) is 33.8. The lowest BCUT2D eigenvalue weighted by Crippen LogP contribution is -2.66. The van der Waals surface area contributed by atoms with Crippen LogP contribution in [0.4, 0.5) is 0 Å². The monoisotopic (exact) mass is 1560 g/mol. The highest BCUT2D eigenvalue weighted by atomic mass is 16.8. The molecular weight excluding hydrogens is 1380 g/mol. The SMILES string of the molecule is CCCCCCCCCCCCCCCCCCCCCCCCCCCCCCCCCCCCCCCCC(=O)NC(COC1OC(CO)C(OC2OC(CO)C(OC3OC(CO)C(O)C(O)C3O)C(O)C2O)C(O)C1O)C(O)CCCCCCCCCCCCCCCCCCCCCCCCCCCC. The first-order valence-electron chi connectivity index (χ1n) is 46.8. The van der Waals surface area contributed by atoms with Crippen molar-refractivity contribution in [2.24, 2.45) is 0 Å². The van der Waals surface area contributed by atoms with Crippen LogP contribution in [0, 0.1) is 0 Å². The standard InChI is InChI=1S/C90H175NO18/c1-3-5-7-9-11-13-15-17-19-21-23-25-27-29-31-32-33-34-35-36-37-38-39-40-41-42-44-46-48-50-52-54-56-58-60-62-64-66-68-78(96)91-73(74(95)67-65-63-61-59-57-55-53-51-49-47-45-43-30-28-26-24-22-20-18-16-14-12-10-8-6-4-2)72-104-88-84(102)81(99)86(76(70-93)106-88)109-90-85(103)82(100)87(77(71-94)107-90)108-89-83(101)80(98)79(97)75(69-92)105-89/h73-77,79-90,92-95,97-103H,3-72H2,1-2H3,(H,91,96). The molecule has 17 unspecified atom stereocenters. The number of amides is 1. The average molecular weight is 1560 g/mol. The van der Waals surface area contributed by atoms with Crippen molar-refractivity contribution in [3.8, 4) is 0 Å². The van der Waals surface area contributed by atoms with Gasteiger partial charge in [-0.05, 0) is 12.8 Å². The molecule has 12 N–H and O–H groups in total. The van der Waals surface area contributed by atoms with Crippen LogP contribution in [0.3, 0.4) is 0 Å². The summed E-state index contributed by atoms with van der Waals surface area (Å²) in [5.74, 6) is -0.230. The Kier molecular flexibility index (Phi) is 66.4. The zero-order chi connectivity index (χ0) is 78.8. The molecule has 0 saturated carbocycles. The molecule has 3 aliphatic rings. The molecule has 3 fully saturated rings. The van der Waals surface area contributed by atoms with Crippen LogP contribution < -0.4 is 5.32 Å². The van der Waals surface area contributed by atoms with Gasteiger partial charge in [0.15, 0.2) is 18.9 Å². The molecule has 19 nitrogen and oxygen atoms in total. The highest BCUT2D eigenvalue weighted by Crippen LogP contribution is 2.34. The van der Waals surface area contributed by atoms with E-state index in [0.717, 1.165) is 44.9 Å². The minimum Gasteiger partial charge on any atom is -0.394 e. The number of carbonyl (C=O) groups is 1. The van der Waals surface area contributed by atoms with Gasteiger partial charge in [-0.1, -0.05) is 418 Å². The fraction of sp³-hybridized carbons (Fsp3) is 0.989. The number of carbonyl (C=O) groups excluding carboxylic acids is 1. The Morgan fingerprint density at radius 3 is 0.798 bits per heavy atom. The molecule has 3 heterocycles. The van der Waals surface area contributed by atoms with Crippen LogP contribution in [-0.4, -0.2) is 193 Å². The Labute approximate surface area is 665 Å². The van der Waals surface area contributed by atoms with Gasteiger partial charge in [-0.3, -0.25) is 4.79 Å². The molecular formula is C90H175NO18. The lowest BCUT2D eigenvalue weighted by atomic mass is 9.96. The Balaban J connectivity index is 1.29. The molecule has 0 bridgehead atoms. The van der Waals surface area contributed by atoms with Gasteiger partial charge in [-0.25, -0.2) is 0 Å². The molecule has 3 saturated heterocycles. The number of unbranched alkanes of at least 4 members (excludes halogenated alkanes) is 62. The van der Waals surface area contributed by atoms with Crippen molar-refractivity contribution in [2.75, 3.05) is 26.4 Å². The molecule has 0 spiro atoms. The molecule has 19 heteroatoms. The maximum absolute atomic E-state index is 13.5. The summed E-state index contributed by atoms with van der Waals surface area (Å²) >= 11 is 0. The van der Waals surface area contributed by atoms with E-state index < -0.39 is 124 Å². The maximum atomic E-state index is 13.5. The number of hydrogen-bond donors (Lipinski definition) is 12. The van der Waals surface area contributed by atoms with Gasteiger partial charge in [-0.15, -0.1) is 0 Å². The van der Waals surface area contributed by atoms with Gasteiger partial charge in [0, 0.05) is 6.42 Å². The Morgan fingerprint density at radius 1 is 0.294 bits per heavy atom. The van der Waals surface area contributed by atoms with Gasteiger partial charge >= 0.3 is 0 Å². The van der Waals surface area contributed by atoms with Crippen molar-refractivity contribution in [3.63, 3.8) is 0 Å². The zero-order valence-electron chi connectivity index (χ0n) is 70.1. The topological polar surface area (TPSA) is 307 Å². The van der Waals surface area contributed by atoms with Gasteiger partial charge in [-0.2, -0.15) is 0 Å². The fourth-order valence-corrected chi connectivity index (χ4v) is 16.5. The summed E-state index contributed by atoms with van der Waals surface area (Å²) in [6.07, 6.45) is 59.5. The largest absolute Gasteiger partial charge is 0.394 e. The number of hydrogen-bond acceptors (Lipinski definition) is 18. The maximum Gasteiger partial charge on any atom is 0.220 e. The first kappa shape index (κ1) is 102. The Bertz CT molecular complexity index is 1960. The average Bonchev–Trinajstić information content (AvgIpc) is 0.760. The number of aliphatic hydroxyl groups is 11.